The molecular weight excluding hydrogens is 180 g/mol. The van der Waals surface area contributed by atoms with Crippen LogP contribution in [0.2, 0.25) is 0 Å². The molecular formula is C10H20N2O2. The van der Waals surface area contributed by atoms with E-state index in [9.17, 15) is 4.79 Å². The fourth-order valence-electron chi connectivity index (χ4n) is 1.23. The summed E-state index contributed by atoms with van der Waals surface area (Å²) in [7, 11) is 0. The first-order valence-corrected chi connectivity index (χ1v) is 4.97. The van der Waals surface area contributed by atoms with Gasteiger partial charge in [0.1, 0.15) is 0 Å². The summed E-state index contributed by atoms with van der Waals surface area (Å²) in [6, 6.07) is -0.275. The van der Waals surface area contributed by atoms with Gasteiger partial charge in [0.15, 0.2) is 5.78 Å². The Morgan fingerprint density at radius 3 is 2.79 bits per heavy atom. The molecule has 0 heterocycles. The van der Waals surface area contributed by atoms with Crippen LogP contribution < -0.4 is 11.1 Å². The Hall–Kier alpha value is -0.710. The van der Waals surface area contributed by atoms with E-state index in [1.807, 2.05) is 0 Å². The molecule has 0 aromatic heterocycles. The van der Waals surface area contributed by atoms with Gasteiger partial charge < -0.3 is 10.8 Å². The second kappa shape index (κ2) is 8.87. The Bertz CT molecular complexity index is 181. The van der Waals surface area contributed by atoms with E-state index in [-0.39, 0.29) is 18.6 Å². The van der Waals surface area contributed by atoms with Gasteiger partial charge in [0, 0.05) is 0 Å². The lowest BCUT2D eigenvalue weighted by Crippen LogP contribution is -2.36. The number of hydrogen-bond acceptors (Lipinski definition) is 4. The minimum atomic E-state index is -0.275. The molecule has 4 N–H and O–H groups in total. The van der Waals surface area contributed by atoms with Gasteiger partial charge in [-0.3, -0.25) is 10.1 Å². The van der Waals surface area contributed by atoms with Crippen LogP contribution in [0.4, 0.5) is 0 Å². The Labute approximate surface area is 85.2 Å². The van der Waals surface area contributed by atoms with E-state index in [1.165, 1.54) is 6.08 Å². The molecule has 1 atom stereocenters. The molecule has 0 fully saturated rings. The highest BCUT2D eigenvalue weighted by molar-refractivity contribution is 5.94. The van der Waals surface area contributed by atoms with Crippen LogP contribution in [0.15, 0.2) is 12.2 Å². The molecule has 0 bridgehead atoms. The van der Waals surface area contributed by atoms with Crippen molar-refractivity contribution in [1.29, 1.82) is 0 Å². The Morgan fingerprint density at radius 2 is 2.29 bits per heavy atom. The SMILES string of the molecule is C/C=C/C(=O)[C@H](CCCCN)NCO. The summed E-state index contributed by atoms with van der Waals surface area (Å²) in [6.07, 6.45) is 5.76. The predicted octanol–water partition coefficient (Wildman–Crippen LogP) is 0.169. The van der Waals surface area contributed by atoms with Crippen LogP contribution in [-0.2, 0) is 4.79 Å². The quantitative estimate of drug-likeness (QED) is 0.296. The van der Waals surface area contributed by atoms with Crippen LogP contribution in [0.25, 0.3) is 0 Å². The van der Waals surface area contributed by atoms with Crippen LogP contribution in [0.1, 0.15) is 26.2 Å². The molecule has 0 saturated carbocycles. The third-order valence-electron chi connectivity index (χ3n) is 1.96. The summed E-state index contributed by atoms with van der Waals surface area (Å²) in [5, 5.41) is 11.4. The number of nitrogens with one attached hydrogen (secondary N) is 1. The van der Waals surface area contributed by atoms with Crippen LogP contribution >= 0.6 is 0 Å². The van der Waals surface area contributed by atoms with Gasteiger partial charge in [0.25, 0.3) is 0 Å². The van der Waals surface area contributed by atoms with Gasteiger partial charge in [-0.2, -0.15) is 0 Å². The zero-order chi connectivity index (χ0) is 10.8. The molecule has 82 valence electrons. The van der Waals surface area contributed by atoms with Crippen molar-refractivity contribution in [2.75, 3.05) is 13.3 Å². The first-order valence-electron chi connectivity index (χ1n) is 4.97. The van der Waals surface area contributed by atoms with Crippen LogP contribution in [0, 0.1) is 0 Å². The summed E-state index contributed by atoms with van der Waals surface area (Å²) in [6.45, 7) is 2.27. The van der Waals surface area contributed by atoms with Crippen molar-refractivity contribution in [2.24, 2.45) is 5.73 Å². The molecule has 0 aliphatic rings. The number of unbranched alkanes of at least 4 members (excludes halogenated alkanes) is 1. The molecule has 0 aliphatic carbocycles. The molecule has 0 aromatic carbocycles. The fraction of sp³-hybridized carbons (Fsp3) is 0.700. The number of aliphatic hydroxyl groups excluding tert-OH is 1. The number of carbonyl (C=O) groups is 1. The topological polar surface area (TPSA) is 75.4 Å². The maximum absolute atomic E-state index is 11.4. The average molecular weight is 200 g/mol. The highest BCUT2D eigenvalue weighted by atomic mass is 16.3. The molecule has 0 aromatic rings. The van der Waals surface area contributed by atoms with Gasteiger partial charge in [0.2, 0.25) is 0 Å². The lowest BCUT2D eigenvalue weighted by Gasteiger charge is -2.13. The van der Waals surface area contributed by atoms with E-state index in [0.29, 0.717) is 6.54 Å². The highest BCUT2D eigenvalue weighted by Crippen LogP contribution is 2.02. The number of hydrogen-bond donors (Lipinski definition) is 3. The predicted molar refractivity (Wildman–Crippen MR) is 56.7 cm³/mol. The second-order valence-electron chi connectivity index (χ2n) is 3.10. The smallest absolute Gasteiger partial charge is 0.172 e. The summed E-state index contributed by atoms with van der Waals surface area (Å²) < 4.78 is 0. The molecule has 4 heteroatoms. The molecule has 0 amide bonds. The first kappa shape index (κ1) is 13.3. The van der Waals surface area contributed by atoms with Crippen molar-refractivity contribution < 1.29 is 9.90 Å². The molecule has 0 aliphatic heterocycles. The third-order valence-corrected chi connectivity index (χ3v) is 1.96. The summed E-state index contributed by atoms with van der Waals surface area (Å²) in [5.74, 6) is 0.0126. The van der Waals surface area contributed by atoms with E-state index in [0.717, 1.165) is 19.3 Å². The van der Waals surface area contributed by atoms with Crippen molar-refractivity contribution in [2.45, 2.75) is 32.2 Å². The maximum atomic E-state index is 11.4. The molecule has 14 heavy (non-hydrogen) atoms. The van der Waals surface area contributed by atoms with Gasteiger partial charge in [-0.25, -0.2) is 0 Å². The van der Waals surface area contributed by atoms with Gasteiger partial charge in [-0.05, 0) is 32.4 Å². The molecule has 4 nitrogen and oxygen atoms in total. The second-order valence-corrected chi connectivity index (χ2v) is 3.10. The number of nitrogens with two attached hydrogens (primary N) is 1. The molecule has 0 unspecified atom stereocenters. The summed E-state index contributed by atoms with van der Waals surface area (Å²) in [5.41, 5.74) is 5.35. The van der Waals surface area contributed by atoms with Crippen LogP contribution in [0.3, 0.4) is 0 Å². The zero-order valence-electron chi connectivity index (χ0n) is 8.70. The van der Waals surface area contributed by atoms with Gasteiger partial charge in [0.05, 0.1) is 12.8 Å². The van der Waals surface area contributed by atoms with E-state index in [4.69, 9.17) is 10.8 Å². The first-order chi connectivity index (χ1) is 6.76. The molecule has 0 spiro atoms. The number of ketones is 1. The Kier molecular flexibility index (Phi) is 8.42. The minimum Gasteiger partial charge on any atom is -0.381 e. The fourth-order valence-corrected chi connectivity index (χ4v) is 1.23. The molecule has 0 rings (SSSR count). The van der Waals surface area contributed by atoms with Crippen LogP contribution in [-0.4, -0.2) is 30.2 Å². The summed E-state index contributed by atoms with van der Waals surface area (Å²) in [4.78, 5) is 11.4. The molecule has 0 saturated heterocycles. The largest absolute Gasteiger partial charge is 0.381 e. The number of rotatable bonds is 8. The number of carbonyl (C=O) groups excluding carboxylic acids is 1. The van der Waals surface area contributed by atoms with Gasteiger partial charge in [-0.1, -0.05) is 12.5 Å². The number of allylic oxidation sites excluding steroid dienone is 1. The lowest BCUT2D eigenvalue weighted by molar-refractivity contribution is -0.117. The highest BCUT2D eigenvalue weighted by Gasteiger charge is 2.13. The van der Waals surface area contributed by atoms with Gasteiger partial charge >= 0.3 is 0 Å². The van der Waals surface area contributed by atoms with E-state index >= 15 is 0 Å². The monoisotopic (exact) mass is 200 g/mol. The van der Waals surface area contributed by atoms with E-state index in [2.05, 4.69) is 5.32 Å². The van der Waals surface area contributed by atoms with Crippen molar-refractivity contribution >= 4 is 5.78 Å². The van der Waals surface area contributed by atoms with Gasteiger partial charge in [-0.15, -0.1) is 0 Å². The Morgan fingerprint density at radius 1 is 1.57 bits per heavy atom. The van der Waals surface area contributed by atoms with E-state index in [1.54, 1.807) is 13.0 Å². The summed E-state index contributed by atoms with van der Waals surface area (Å²) >= 11 is 0. The Balaban J connectivity index is 3.93. The van der Waals surface area contributed by atoms with Crippen molar-refractivity contribution in [3.8, 4) is 0 Å². The molecule has 0 radical (unpaired) electrons. The maximum Gasteiger partial charge on any atom is 0.172 e. The van der Waals surface area contributed by atoms with Crippen molar-refractivity contribution in [3.63, 3.8) is 0 Å². The standard InChI is InChI=1S/C10H20N2O2/c1-2-5-10(14)9(12-8-13)6-3-4-7-11/h2,5,9,12-13H,3-4,6-8,11H2,1H3/b5-2+/t9-/m0/s1. The van der Waals surface area contributed by atoms with Crippen molar-refractivity contribution in [3.05, 3.63) is 12.2 Å². The minimum absolute atomic E-state index is 0.0126. The van der Waals surface area contributed by atoms with E-state index < -0.39 is 0 Å². The van der Waals surface area contributed by atoms with Crippen LogP contribution in [0.5, 0.6) is 0 Å². The van der Waals surface area contributed by atoms with Crippen molar-refractivity contribution in [1.82, 2.24) is 5.32 Å². The third kappa shape index (κ3) is 5.85. The average Bonchev–Trinajstić information content (AvgIpc) is 2.17. The number of aliphatic hydroxyl groups is 1. The lowest BCUT2D eigenvalue weighted by atomic mass is 10.1. The zero-order valence-corrected chi connectivity index (χ0v) is 8.70. The normalized spacial score (nSPS) is 13.4.